The highest BCUT2D eigenvalue weighted by Gasteiger charge is 2.17. The lowest BCUT2D eigenvalue weighted by atomic mass is 10.1. The molecule has 0 unspecified atom stereocenters. The SMILES string of the molecule is Cc1cc(O)ccc1C1=NC[C@H](C)S1. The number of aromatic hydroxyl groups is 1. The summed E-state index contributed by atoms with van der Waals surface area (Å²) in [5.74, 6) is 0.322. The highest BCUT2D eigenvalue weighted by atomic mass is 32.2. The number of hydrogen-bond acceptors (Lipinski definition) is 3. The lowest BCUT2D eigenvalue weighted by molar-refractivity contribution is 0.475. The molecule has 0 amide bonds. The largest absolute Gasteiger partial charge is 0.508 e. The number of aryl methyl sites for hydroxylation is 1. The fourth-order valence-corrected chi connectivity index (χ4v) is 2.55. The van der Waals surface area contributed by atoms with Crippen LogP contribution in [0, 0.1) is 6.92 Å². The highest BCUT2D eigenvalue weighted by Crippen LogP contribution is 2.28. The van der Waals surface area contributed by atoms with Crippen LogP contribution in [0.15, 0.2) is 23.2 Å². The van der Waals surface area contributed by atoms with Crippen LogP contribution < -0.4 is 0 Å². The number of aliphatic imine (C=N–C) groups is 1. The van der Waals surface area contributed by atoms with Crippen molar-refractivity contribution in [2.45, 2.75) is 19.1 Å². The number of hydrogen-bond donors (Lipinski definition) is 1. The molecule has 74 valence electrons. The summed E-state index contributed by atoms with van der Waals surface area (Å²) in [5.41, 5.74) is 2.24. The number of thioether (sulfide) groups is 1. The summed E-state index contributed by atoms with van der Waals surface area (Å²) in [6, 6.07) is 5.43. The molecule has 1 atom stereocenters. The standard InChI is InChI=1S/C11H13NOS/c1-7-5-9(13)3-4-10(7)11-12-6-8(2)14-11/h3-5,8,13H,6H2,1-2H3/t8-/m0/s1. The number of nitrogens with zero attached hydrogens (tertiary/aromatic N) is 1. The summed E-state index contributed by atoms with van der Waals surface area (Å²) in [7, 11) is 0. The molecule has 1 N–H and O–H groups in total. The zero-order valence-corrected chi connectivity index (χ0v) is 9.14. The summed E-state index contributed by atoms with van der Waals surface area (Å²) in [5, 5.41) is 11.0. The molecule has 1 aromatic rings. The fourth-order valence-electron chi connectivity index (χ4n) is 1.51. The van der Waals surface area contributed by atoms with Gasteiger partial charge in [-0.3, -0.25) is 4.99 Å². The third-order valence-corrected chi connectivity index (χ3v) is 3.37. The van der Waals surface area contributed by atoms with Crippen molar-refractivity contribution in [2.24, 2.45) is 4.99 Å². The zero-order chi connectivity index (χ0) is 10.1. The van der Waals surface area contributed by atoms with Crippen molar-refractivity contribution in [1.29, 1.82) is 0 Å². The normalized spacial score (nSPS) is 21.0. The molecule has 0 radical (unpaired) electrons. The smallest absolute Gasteiger partial charge is 0.115 e. The van der Waals surface area contributed by atoms with E-state index < -0.39 is 0 Å². The third kappa shape index (κ3) is 1.77. The van der Waals surface area contributed by atoms with E-state index in [0.29, 0.717) is 11.0 Å². The summed E-state index contributed by atoms with van der Waals surface area (Å²) >= 11 is 1.81. The first-order valence-electron chi connectivity index (χ1n) is 4.68. The van der Waals surface area contributed by atoms with Crippen LogP contribution in [-0.2, 0) is 0 Å². The van der Waals surface area contributed by atoms with Gasteiger partial charge in [0.05, 0.1) is 11.6 Å². The van der Waals surface area contributed by atoms with E-state index in [4.69, 9.17) is 0 Å². The highest BCUT2D eigenvalue weighted by molar-refractivity contribution is 8.15. The molecule has 2 rings (SSSR count). The Hall–Kier alpha value is -0.960. The Balaban J connectivity index is 2.33. The van der Waals surface area contributed by atoms with E-state index in [2.05, 4.69) is 11.9 Å². The Morgan fingerprint density at radius 1 is 1.50 bits per heavy atom. The predicted octanol–water partition coefficient (Wildman–Crippen LogP) is 2.58. The molecular formula is C11H13NOS. The number of benzene rings is 1. The molecule has 0 saturated carbocycles. The number of phenolic OH excluding ortho intramolecular Hbond substituents is 1. The van der Waals surface area contributed by atoms with Gasteiger partial charge in [-0.1, -0.05) is 6.92 Å². The molecule has 2 nitrogen and oxygen atoms in total. The van der Waals surface area contributed by atoms with Crippen molar-refractivity contribution >= 4 is 16.8 Å². The van der Waals surface area contributed by atoms with Gasteiger partial charge in [-0.05, 0) is 30.7 Å². The Bertz CT molecular complexity index is 387. The molecule has 0 saturated heterocycles. The molecule has 0 aromatic heterocycles. The molecule has 0 spiro atoms. The molecule has 1 heterocycles. The molecule has 1 aliphatic rings. The first kappa shape index (κ1) is 9.59. The van der Waals surface area contributed by atoms with Crippen LogP contribution in [0.3, 0.4) is 0 Å². The maximum Gasteiger partial charge on any atom is 0.115 e. The van der Waals surface area contributed by atoms with Crippen LogP contribution in [-0.4, -0.2) is 21.9 Å². The Morgan fingerprint density at radius 2 is 2.29 bits per heavy atom. The van der Waals surface area contributed by atoms with Gasteiger partial charge < -0.3 is 5.11 Å². The average molecular weight is 207 g/mol. The lowest BCUT2D eigenvalue weighted by Crippen LogP contribution is -1.97. The molecule has 1 aliphatic heterocycles. The maximum atomic E-state index is 9.29. The van der Waals surface area contributed by atoms with Gasteiger partial charge in [0.2, 0.25) is 0 Å². The van der Waals surface area contributed by atoms with Crippen LogP contribution in [0.4, 0.5) is 0 Å². The van der Waals surface area contributed by atoms with E-state index in [1.807, 2.05) is 24.8 Å². The van der Waals surface area contributed by atoms with Crippen molar-refractivity contribution < 1.29 is 5.11 Å². The second-order valence-corrected chi connectivity index (χ2v) is 5.00. The van der Waals surface area contributed by atoms with Crippen LogP contribution in [0.5, 0.6) is 5.75 Å². The molecule has 1 aromatic carbocycles. The second kappa shape index (κ2) is 3.65. The number of rotatable bonds is 1. The van der Waals surface area contributed by atoms with Crippen molar-refractivity contribution in [1.82, 2.24) is 0 Å². The van der Waals surface area contributed by atoms with E-state index >= 15 is 0 Å². The van der Waals surface area contributed by atoms with Crippen molar-refractivity contribution in [3.8, 4) is 5.75 Å². The van der Waals surface area contributed by atoms with Gasteiger partial charge in [0, 0.05) is 10.8 Å². The third-order valence-electron chi connectivity index (χ3n) is 2.25. The summed E-state index contributed by atoms with van der Waals surface area (Å²) in [6.07, 6.45) is 0. The average Bonchev–Trinajstić information content (AvgIpc) is 2.51. The van der Waals surface area contributed by atoms with Gasteiger partial charge in [-0.2, -0.15) is 0 Å². The predicted molar refractivity (Wildman–Crippen MR) is 61.3 cm³/mol. The van der Waals surface area contributed by atoms with Gasteiger partial charge in [0.15, 0.2) is 0 Å². The second-order valence-electron chi connectivity index (χ2n) is 3.57. The van der Waals surface area contributed by atoms with Crippen molar-refractivity contribution in [3.63, 3.8) is 0 Å². The minimum Gasteiger partial charge on any atom is -0.508 e. The Morgan fingerprint density at radius 3 is 2.86 bits per heavy atom. The molecule has 0 bridgehead atoms. The van der Waals surface area contributed by atoms with E-state index in [9.17, 15) is 5.11 Å². The Kier molecular flexibility index (Phi) is 2.50. The Labute approximate surface area is 88.1 Å². The van der Waals surface area contributed by atoms with Gasteiger partial charge in [-0.25, -0.2) is 0 Å². The van der Waals surface area contributed by atoms with Crippen molar-refractivity contribution in [3.05, 3.63) is 29.3 Å². The summed E-state index contributed by atoms with van der Waals surface area (Å²) in [6.45, 7) is 5.08. The maximum absolute atomic E-state index is 9.29. The molecule has 0 aliphatic carbocycles. The monoisotopic (exact) mass is 207 g/mol. The summed E-state index contributed by atoms with van der Waals surface area (Å²) in [4.78, 5) is 4.48. The van der Waals surface area contributed by atoms with E-state index in [0.717, 1.165) is 22.7 Å². The molecule has 0 fully saturated rings. The minimum absolute atomic E-state index is 0.322. The van der Waals surface area contributed by atoms with E-state index in [-0.39, 0.29) is 0 Å². The first-order valence-corrected chi connectivity index (χ1v) is 5.56. The lowest BCUT2D eigenvalue weighted by Gasteiger charge is -2.05. The van der Waals surface area contributed by atoms with E-state index in [1.54, 1.807) is 12.1 Å². The summed E-state index contributed by atoms with van der Waals surface area (Å²) < 4.78 is 0. The minimum atomic E-state index is 0.322. The van der Waals surface area contributed by atoms with Crippen molar-refractivity contribution in [2.75, 3.05) is 6.54 Å². The molecular weight excluding hydrogens is 194 g/mol. The quantitative estimate of drug-likeness (QED) is 0.767. The molecule has 14 heavy (non-hydrogen) atoms. The number of phenols is 1. The van der Waals surface area contributed by atoms with Crippen LogP contribution >= 0.6 is 11.8 Å². The van der Waals surface area contributed by atoms with Crippen LogP contribution in [0.25, 0.3) is 0 Å². The first-order chi connectivity index (χ1) is 6.66. The van der Waals surface area contributed by atoms with Gasteiger partial charge in [0.25, 0.3) is 0 Å². The van der Waals surface area contributed by atoms with Crippen LogP contribution in [0.2, 0.25) is 0 Å². The zero-order valence-electron chi connectivity index (χ0n) is 8.32. The van der Waals surface area contributed by atoms with Crippen LogP contribution in [0.1, 0.15) is 18.1 Å². The molecule has 3 heteroatoms. The van der Waals surface area contributed by atoms with E-state index in [1.165, 1.54) is 0 Å². The topological polar surface area (TPSA) is 32.6 Å². The van der Waals surface area contributed by atoms with Gasteiger partial charge in [-0.15, -0.1) is 11.8 Å². The fraction of sp³-hybridized carbons (Fsp3) is 0.364. The van der Waals surface area contributed by atoms with Gasteiger partial charge >= 0.3 is 0 Å². The van der Waals surface area contributed by atoms with Gasteiger partial charge in [0.1, 0.15) is 5.75 Å².